The highest BCUT2D eigenvalue weighted by atomic mass is 16.2. The second-order valence-corrected chi connectivity index (χ2v) is 9.57. The van der Waals surface area contributed by atoms with E-state index >= 15 is 0 Å². The lowest BCUT2D eigenvalue weighted by molar-refractivity contribution is -0.144. The van der Waals surface area contributed by atoms with E-state index in [1.165, 1.54) is 11.8 Å². The molecule has 0 bridgehead atoms. The van der Waals surface area contributed by atoms with E-state index in [0.717, 1.165) is 24.0 Å². The lowest BCUT2D eigenvalue weighted by Gasteiger charge is -2.36. The Morgan fingerprint density at radius 1 is 0.853 bits per heavy atom. The molecule has 0 spiro atoms. The molecule has 3 aliphatic rings. The maximum Gasteiger partial charge on any atom is 0.241 e. The van der Waals surface area contributed by atoms with Gasteiger partial charge in [-0.3, -0.25) is 24.1 Å². The van der Waals surface area contributed by atoms with Gasteiger partial charge in [0.05, 0.1) is 5.41 Å². The van der Waals surface area contributed by atoms with Crippen LogP contribution in [-0.4, -0.2) is 70.5 Å². The van der Waals surface area contributed by atoms with Crippen LogP contribution in [0.25, 0.3) is 11.1 Å². The Morgan fingerprint density at radius 2 is 1.44 bits per heavy atom. The molecule has 0 aromatic heterocycles. The molecule has 4 amide bonds. The van der Waals surface area contributed by atoms with E-state index < -0.39 is 5.41 Å². The minimum atomic E-state index is -1.18. The first-order valence-corrected chi connectivity index (χ1v) is 11.9. The van der Waals surface area contributed by atoms with Crippen molar-refractivity contribution in [1.82, 2.24) is 14.7 Å². The summed E-state index contributed by atoms with van der Waals surface area (Å²) in [7, 11) is 0. The number of amides is 4. The zero-order valence-electron chi connectivity index (χ0n) is 19.4. The van der Waals surface area contributed by atoms with Crippen molar-refractivity contribution >= 4 is 23.6 Å². The topological polar surface area (TPSA) is 78.0 Å². The van der Waals surface area contributed by atoms with Gasteiger partial charge in [-0.15, -0.1) is 0 Å². The molecule has 0 N–H and O–H groups in total. The molecule has 0 radical (unpaired) electrons. The van der Waals surface area contributed by atoms with E-state index in [2.05, 4.69) is 0 Å². The van der Waals surface area contributed by atoms with Crippen molar-refractivity contribution in [3.05, 3.63) is 60.2 Å². The van der Waals surface area contributed by atoms with Gasteiger partial charge >= 0.3 is 0 Å². The average Bonchev–Trinajstić information content (AvgIpc) is 3.65. The molecule has 0 unspecified atom stereocenters. The number of nitrogens with zero attached hydrogens (tertiary/aromatic N) is 3. The molecule has 2 saturated heterocycles. The van der Waals surface area contributed by atoms with Gasteiger partial charge in [0.15, 0.2) is 0 Å². The predicted molar refractivity (Wildman–Crippen MR) is 126 cm³/mol. The lowest BCUT2D eigenvalue weighted by Crippen LogP contribution is -2.52. The number of hydrogen-bond donors (Lipinski definition) is 0. The molecule has 7 heteroatoms. The van der Waals surface area contributed by atoms with E-state index in [-0.39, 0.29) is 42.5 Å². The van der Waals surface area contributed by atoms with Crippen LogP contribution in [0.1, 0.15) is 38.2 Å². The van der Waals surface area contributed by atoms with Gasteiger partial charge in [-0.1, -0.05) is 54.6 Å². The molecule has 1 saturated carbocycles. The normalized spacial score (nSPS) is 22.9. The third-order valence-electron chi connectivity index (χ3n) is 7.34. The first-order chi connectivity index (χ1) is 16.4. The molecule has 34 heavy (non-hydrogen) atoms. The van der Waals surface area contributed by atoms with E-state index in [1.807, 2.05) is 54.6 Å². The molecule has 2 aromatic rings. The van der Waals surface area contributed by atoms with Crippen LogP contribution >= 0.6 is 0 Å². The Hall–Kier alpha value is -3.48. The second kappa shape index (κ2) is 8.70. The first-order valence-electron chi connectivity index (χ1n) is 11.9. The van der Waals surface area contributed by atoms with Crippen molar-refractivity contribution in [2.24, 2.45) is 0 Å². The average molecular weight is 460 g/mol. The van der Waals surface area contributed by atoms with E-state index in [1.54, 1.807) is 9.80 Å². The molecule has 3 fully saturated rings. The highest BCUT2D eigenvalue weighted by Crippen LogP contribution is 2.44. The largest absolute Gasteiger partial charge is 0.339 e. The SMILES string of the molecule is CC(=O)N1CCN(C(=O)C[C@@]2(c3ccc(-c4ccccc4)cc3)CC(=O)N(C3CC3)C2=O)CC1. The lowest BCUT2D eigenvalue weighted by atomic mass is 9.75. The molecule has 5 rings (SSSR count). The highest BCUT2D eigenvalue weighted by Gasteiger charge is 2.57. The van der Waals surface area contributed by atoms with Crippen LogP contribution < -0.4 is 0 Å². The summed E-state index contributed by atoms with van der Waals surface area (Å²) in [5.41, 5.74) is 1.62. The fraction of sp³-hybridized carbons (Fsp3) is 0.407. The van der Waals surface area contributed by atoms with Gasteiger partial charge in [0.25, 0.3) is 0 Å². The summed E-state index contributed by atoms with van der Waals surface area (Å²) in [6.45, 7) is 3.38. The minimum absolute atomic E-state index is 0.00119. The van der Waals surface area contributed by atoms with Crippen molar-refractivity contribution in [3.63, 3.8) is 0 Å². The summed E-state index contributed by atoms with van der Waals surface area (Å²) in [5, 5.41) is 0. The van der Waals surface area contributed by atoms with E-state index in [4.69, 9.17) is 0 Å². The smallest absolute Gasteiger partial charge is 0.241 e. The quantitative estimate of drug-likeness (QED) is 0.644. The second-order valence-electron chi connectivity index (χ2n) is 9.57. The fourth-order valence-electron chi connectivity index (χ4n) is 5.18. The molecule has 1 aliphatic carbocycles. The number of carbonyl (C=O) groups excluding carboxylic acids is 4. The van der Waals surface area contributed by atoms with Crippen LogP contribution in [0, 0.1) is 0 Å². The van der Waals surface area contributed by atoms with Crippen molar-refractivity contribution in [1.29, 1.82) is 0 Å². The van der Waals surface area contributed by atoms with Gasteiger partial charge in [-0.05, 0) is 29.5 Å². The number of piperazine rings is 1. The molecule has 2 heterocycles. The summed E-state index contributed by atoms with van der Waals surface area (Å²) in [5.74, 6) is -0.579. The van der Waals surface area contributed by atoms with Gasteiger partial charge in [-0.2, -0.15) is 0 Å². The summed E-state index contributed by atoms with van der Waals surface area (Å²) >= 11 is 0. The van der Waals surface area contributed by atoms with Crippen molar-refractivity contribution < 1.29 is 19.2 Å². The van der Waals surface area contributed by atoms with Gasteiger partial charge in [0.1, 0.15) is 0 Å². The maximum atomic E-state index is 13.7. The van der Waals surface area contributed by atoms with Crippen LogP contribution in [0.15, 0.2) is 54.6 Å². The molecular weight excluding hydrogens is 430 g/mol. The van der Waals surface area contributed by atoms with Crippen LogP contribution in [0.5, 0.6) is 0 Å². The Kier molecular flexibility index (Phi) is 5.71. The van der Waals surface area contributed by atoms with Gasteiger partial charge < -0.3 is 9.80 Å². The minimum Gasteiger partial charge on any atom is -0.339 e. The van der Waals surface area contributed by atoms with Gasteiger partial charge in [0, 0.05) is 52.0 Å². The first kappa shape index (κ1) is 22.3. The Labute approximate surface area is 199 Å². The Balaban J connectivity index is 1.43. The zero-order valence-corrected chi connectivity index (χ0v) is 19.4. The van der Waals surface area contributed by atoms with Crippen molar-refractivity contribution in [2.75, 3.05) is 26.2 Å². The number of benzene rings is 2. The van der Waals surface area contributed by atoms with Crippen molar-refractivity contribution in [3.8, 4) is 11.1 Å². The van der Waals surface area contributed by atoms with Crippen LogP contribution in [0.4, 0.5) is 0 Å². The summed E-state index contributed by atoms with van der Waals surface area (Å²) in [6, 6.07) is 17.6. The molecule has 2 aromatic carbocycles. The van der Waals surface area contributed by atoms with Crippen LogP contribution in [-0.2, 0) is 24.6 Å². The molecule has 2 aliphatic heterocycles. The van der Waals surface area contributed by atoms with Crippen LogP contribution in [0.2, 0.25) is 0 Å². The molecule has 7 nitrogen and oxygen atoms in total. The monoisotopic (exact) mass is 459 g/mol. The zero-order chi connectivity index (χ0) is 23.9. The number of likely N-dealkylation sites (tertiary alicyclic amines) is 1. The van der Waals surface area contributed by atoms with E-state index in [9.17, 15) is 19.2 Å². The highest BCUT2D eigenvalue weighted by molar-refractivity contribution is 6.11. The standard InChI is InChI=1S/C27H29N3O4/c1-19(31)28-13-15-29(16-14-28)24(32)17-27(18-25(33)30(26(27)34)23-11-12-23)22-9-7-21(8-10-22)20-5-3-2-4-6-20/h2-10,23H,11-18H2,1H3/t27-/m0/s1. The maximum absolute atomic E-state index is 13.7. The number of hydrogen-bond acceptors (Lipinski definition) is 4. The number of rotatable bonds is 5. The van der Waals surface area contributed by atoms with E-state index in [0.29, 0.717) is 31.7 Å². The summed E-state index contributed by atoms with van der Waals surface area (Å²) < 4.78 is 0. The Morgan fingerprint density at radius 3 is 2.03 bits per heavy atom. The summed E-state index contributed by atoms with van der Waals surface area (Å²) in [6.07, 6.45) is 1.65. The number of imide groups is 1. The van der Waals surface area contributed by atoms with Gasteiger partial charge in [0.2, 0.25) is 23.6 Å². The predicted octanol–water partition coefficient (Wildman–Crippen LogP) is 2.59. The Bertz CT molecular complexity index is 1120. The summed E-state index contributed by atoms with van der Waals surface area (Å²) in [4.78, 5) is 56.5. The molecule has 176 valence electrons. The number of carbonyl (C=O) groups is 4. The fourth-order valence-corrected chi connectivity index (χ4v) is 5.18. The van der Waals surface area contributed by atoms with Gasteiger partial charge in [-0.25, -0.2) is 0 Å². The third kappa shape index (κ3) is 4.00. The molecule has 1 atom stereocenters. The third-order valence-corrected chi connectivity index (χ3v) is 7.34. The van der Waals surface area contributed by atoms with Crippen LogP contribution in [0.3, 0.4) is 0 Å². The molecular formula is C27H29N3O4. The van der Waals surface area contributed by atoms with Crippen molar-refractivity contribution in [2.45, 2.75) is 44.1 Å².